The smallest absolute Gasteiger partial charge is 0.197 e. The largest absolute Gasteiger partial charge is 0.448 e. The fourth-order valence-electron chi connectivity index (χ4n) is 4.60. The van der Waals surface area contributed by atoms with Gasteiger partial charge < -0.3 is 4.42 Å². The molecule has 0 unspecified atom stereocenters. The van der Waals surface area contributed by atoms with Crippen molar-refractivity contribution in [2.24, 2.45) is 0 Å². The lowest BCUT2D eigenvalue weighted by molar-refractivity contribution is 0.314. The summed E-state index contributed by atoms with van der Waals surface area (Å²) < 4.78 is 7.92. The molecule has 6 nitrogen and oxygen atoms in total. The summed E-state index contributed by atoms with van der Waals surface area (Å²) in [5.41, 5.74) is 3.34. The first-order valence-electron chi connectivity index (χ1n) is 9.92. The maximum Gasteiger partial charge on any atom is 0.197 e. The zero-order chi connectivity index (χ0) is 19.3. The first-order valence-corrected chi connectivity index (χ1v) is 10.3. The van der Waals surface area contributed by atoms with Gasteiger partial charge in [0.2, 0.25) is 0 Å². The standard InChI is InChI=1S/C21H24ClN5O/c1-13-12-28-21(23-13)15-5-3-14(4-6-15)20-25-24-19-11-26(2)10-16-9-17(22)7-8-18(16)27(19)20/h7-9,12,14-15H,3-6,10-11H2,1-2H3. The number of oxazole rings is 1. The first kappa shape index (κ1) is 17.9. The van der Waals surface area contributed by atoms with Gasteiger partial charge in [0, 0.05) is 23.4 Å². The Morgan fingerprint density at radius 3 is 2.61 bits per heavy atom. The quantitative estimate of drug-likeness (QED) is 0.632. The number of fused-ring (bicyclic) bond motifs is 3. The molecule has 28 heavy (non-hydrogen) atoms. The number of hydrogen-bond donors (Lipinski definition) is 0. The van der Waals surface area contributed by atoms with Gasteiger partial charge in [-0.1, -0.05) is 11.6 Å². The van der Waals surface area contributed by atoms with Crippen molar-refractivity contribution in [3.05, 3.63) is 58.3 Å². The average Bonchev–Trinajstić information content (AvgIpc) is 3.25. The predicted octanol–water partition coefficient (Wildman–Crippen LogP) is 4.60. The van der Waals surface area contributed by atoms with Crippen LogP contribution >= 0.6 is 11.6 Å². The maximum atomic E-state index is 6.27. The molecule has 0 N–H and O–H groups in total. The Bertz CT molecular complexity index is 1000. The normalized spacial score (nSPS) is 22.5. The lowest BCUT2D eigenvalue weighted by atomic mass is 9.81. The molecule has 0 radical (unpaired) electrons. The van der Waals surface area contributed by atoms with E-state index in [1.807, 2.05) is 13.0 Å². The third kappa shape index (κ3) is 3.14. The van der Waals surface area contributed by atoms with Gasteiger partial charge in [0.15, 0.2) is 11.7 Å². The predicted molar refractivity (Wildman–Crippen MR) is 107 cm³/mol. The van der Waals surface area contributed by atoms with Crippen molar-refractivity contribution in [2.45, 2.75) is 57.5 Å². The number of hydrogen-bond acceptors (Lipinski definition) is 5. The fraction of sp³-hybridized carbons (Fsp3) is 0.476. The molecule has 1 saturated carbocycles. The molecule has 1 aromatic carbocycles. The second kappa shape index (κ2) is 7.01. The van der Waals surface area contributed by atoms with Crippen LogP contribution in [0.1, 0.15) is 66.3 Å². The van der Waals surface area contributed by atoms with E-state index in [0.717, 1.165) is 72.7 Å². The number of halogens is 1. The minimum atomic E-state index is 0.403. The van der Waals surface area contributed by atoms with E-state index >= 15 is 0 Å². The van der Waals surface area contributed by atoms with Crippen molar-refractivity contribution in [1.29, 1.82) is 0 Å². The molecule has 1 aliphatic heterocycles. The Hall–Kier alpha value is -2.18. The van der Waals surface area contributed by atoms with E-state index < -0.39 is 0 Å². The third-order valence-corrected chi connectivity index (χ3v) is 6.20. The number of aromatic nitrogens is 4. The molecule has 2 aliphatic rings. The highest BCUT2D eigenvalue weighted by atomic mass is 35.5. The van der Waals surface area contributed by atoms with E-state index in [-0.39, 0.29) is 0 Å². The summed E-state index contributed by atoms with van der Waals surface area (Å²) in [6.07, 6.45) is 6.03. The second-order valence-electron chi connectivity index (χ2n) is 8.13. The van der Waals surface area contributed by atoms with Crippen LogP contribution in [-0.2, 0) is 13.1 Å². The van der Waals surface area contributed by atoms with Gasteiger partial charge in [-0.2, -0.15) is 0 Å². The topological polar surface area (TPSA) is 60.0 Å². The summed E-state index contributed by atoms with van der Waals surface area (Å²) in [5.74, 6) is 3.78. The van der Waals surface area contributed by atoms with Gasteiger partial charge in [0.25, 0.3) is 0 Å². The highest BCUT2D eigenvalue weighted by Gasteiger charge is 2.31. The monoisotopic (exact) mass is 397 g/mol. The van der Waals surface area contributed by atoms with Gasteiger partial charge in [-0.3, -0.25) is 9.47 Å². The van der Waals surface area contributed by atoms with Crippen molar-refractivity contribution in [2.75, 3.05) is 7.05 Å². The molecule has 0 bridgehead atoms. The van der Waals surface area contributed by atoms with Crippen molar-refractivity contribution in [3.63, 3.8) is 0 Å². The number of nitrogens with zero attached hydrogens (tertiary/aromatic N) is 5. The Morgan fingerprint density at radius 2 is 1.86 bits per heavy atom. The van der Waals surface area contributed by atoms with Gasteiger partial charge >= 0.3 is 0 Å². The highest BCUT2D eigenvalue weighted by Crippen LogP contribution is 2.41. The van der Waals surface area contributed by atoms with Crippen LogP contribution in [0.4, 0.5) is 0 Å². The molecular weight excluding hydrogens is 374 g/mol. The van der Waals surface area contributed by atoms with E-state index in [0.29, 0.717) is 11.8 Å². The van der Waals surface area contributed by atoms with E-state index in [2.05, 4.69) is 43.8 Å². The summed E-state index contributed by atoms with van der Waals surface area (Å²) in [5, 5.41) is 9.96. The minimum absolute atomic E-state index is 0.403. The molecule has 0 saturated heterocycles. The molecule has 3 aromatic rings. The molecule has 7 heteroatoms. The third-order valence-electron chi connectivity index (χ3n) is 5.97. The minimum Gasteiger partial charge on any atom is -0.448 e. The van der Waals surface area contributed by atoms with Gasteiger partial charge in [-0.05, 0) is 63.4 Å². The Morgan fingerprint density at radius 1 is 1.07 bits per heavy atom. The lowest BCUT2D eigenvalue weighted by Crippen LogP contribution is -2.17. The summed E-state index contributed by atoms with van der Waals surface area (Å²) in [4.78, 5) is 6.79. The lowest BCUT2D eigenvalue weighted by Gasteiger charge is -2.26. The van der Waals surface area contributed by atoms with Gasteiger partial charge in [0.05, 0.1) is 17.9 Å². The molecule has 2 aromatic heterocycles. The molecule has 5 rings (SSSR count). The van der Waals surface area contributed by atoms with Crippen LogP contribution in [-0.4, -0.2) is 31.7 Å². The summed E-state index contributed by atoms with van der Waals surface area (Å²) >= 11 is 6.27. The van der Waals surface area contributed by atoms with Gasteiger partial charge in [-0.25, -0.2) is 4.98 Å². The molecule has 1 aliphatic carbocycles. The molecule has 0 atom stereocenters. The van der Waals surface area contributed by atoms with Crippen molar-refractivity contribution >= 4 is 11.6 Å². The van der Waals surface area contributed by atoms with E-state index in [1.165, 1.54) is 5.56 Å². The fourth-order valence-corrected chi connectivity index (χ4v) is 4.80. The Labute approximate surface area is 169 Å². The second-order valence-corrected chi connectivity index (χ2v) is 8.57. The van der Waals surface area contributed by atoms with Crippen LogP contribution in [0.5, 0.6) is 0 Å². The van der Waals surface area contributed by atoms with Crippen LogP contribution in [0.25, 0.3) is 5.69 Å². The zero-order valence-corrected chi connectivity index (χ0v) is 17.0. The molecule has 0 amide bonds. The van der Waals surface area contributed by atoms with Gasteiger partial charge in [0.1, 0.15) is 12.1 Å². The number of aryl methyl sites for hydroxylation is 1. The SMILES string of the molecule is Cc1coc(C2CCC(c3nnc4n3-c3ccc(Cl)cc3CN(C)C4)CC2)n1. The Kier molecular flexibility index (Phi) is 4.48. The zero-order valence-electron chi connectivity index (χ0n) is 16.2. The van der Waals surface area contributed by atoms with Crippen molar-refractivity contribution in [3.8, 4) is 5.69 Å². The molecular formula is C21H24ClN5O. The van der Waals surface area contributed by atoms with Gasteiger partial charge in [-0.15, -0.1) is 10.2 Å². The summed E-state index contributed by atoms with van der Waals surface area (Å²) in [7, 11) is 2.11. The van der Waals surface area contributed by atoms with E-state index in [1.54, 1.807) is 6.26 Å². The average molecular weight is 398 g/mol. The molecule has 146 valence electrons. The van der Waals surface area contributed by atoms with Crippen LogP contribution < -0.4 is 0 Å². The Balaban J connectivity index is 1.45. The number of benzene rings is 1. The maximum absolute atomic E-state index is 6.27. The first-order chi connectivity index (χ1) is 13.6. The van der Waals surface area contributed by atoms with Crippen molar-refractivity contribution < 1.29 is 4.42 Å². The van der Waals surface area contributed by atoms with E-state index in [4.69, 9.17) is 16.0 Å². The summed E-state index contributed by atoms with van der Waals surface area (Å²) in [6.45, 7) is 3.62. The van der Waals surface area contributed by atoms with Crippen LogP contribution in [0, 0.1) is 6.92 Å². The number of rotatable bonds is 2. The highest BCUT2D eigenvalue weighted by molar-refractivity contribution is 6.30. The molecule has 1 fully saturated rings. The van der Waals surface area contributed by atoms with Crippen LogP contribution in [0.3, 0.4) is 0 Å². The van der Waals surface area contributed by atoms with Crippen molar-refractivity contribution in [1.82, 2.24) is 24.6 Å². The molecule has 3 heterocycles. The summed E-state index contributed by atoms with van der Waals surface area (Å²) in [6, 6.07) is 6.13. The van der Waals surface area contributed by atoms with Crippen LogP contribution in [0.2, 0.25) is 5.02 Å². The van der Waals surface area contributed by atoms with E-state index in [9.17, 15) is 0 Å². The molecule has 0 spiro atoms. The van der Waals surface area contributed by atoms with Crippen LogP contribution in [0.15, 0.2) is 28.9 Å².